The highest BCUT2D eigenvalue weighted by atomic mass is 15.4. The summed E-state index contributed by atoms with van der Waals surface area (Å²) in [5.74, 6) is 2.19. The Balaban J connectivity index is 1.68. The second kappa shape index (κ2) is 6.65. The molecular formula is C23H27N7. The van der Waals surface area contributed by atoms with Gasteiger partial charge in [-0.3, -0.25) is 0 Å². The number of rotatable bonds is 4. The molecule has 30 heavy (non-hydrogen) atoms. The van der Waals surface area contributed by atoms with Crippen molar-refractivity contribution in [1.82, 2.24) is 29.5 Å². The van der Waals surface area contributed by atoms with Crippen LogP contribution in [0.3, 0.4) is 0 Å². The number of hydrogen-bond acceptors (Lipinski definition) is 4. The van der Waals surface area contributed by atoms with E-state index in [0.717, 1.165) is 51.7 Å². The topological polar surface area (TPSA) is 74.2 Å². The zero-order valence-electron chi connectivity index (χ0n) is 18.4. The first-order valence-corrected chi connectivity index (χ1v) is 10.5. The fourth-order valence-corrected chi connectivity index (χ4v) is 4.20. The smallest absolute Gasteiger partial charge is 0.158 e. The molecule has 1 saturated heterocycles. The number of nitrogens with zero attached hydrogens (tertiary/aromatic N) is 6. The number of amidine groups is 1. The summed E-state index contributed by atoms with van der Waals surface area (Å²) in [6, 6.07) is 4.57. The van der Waals surface area contributed by atoms with Crippen LogP contribution in [-0.2, 0) is 0 Å². The minimum absolute atomic E-state index is 0.309. The van der Waals surface area contributed by atoms with Crippen LogP contribution in [0, 0.1) is 13.8 Å². The number of fused-ring (bicyclic) bond motifs is 2. The molecule has 0 aliphatic carbocycles. The lowest BCUT2D eigenvalue weighted by Gasteiger charge is -2.13. The number of aliphatic imine (C=N–C) groups is 1. The molecule has 0 saturated carbocycles. The summed E-state index contributed by atoms with van der Waals surface area (Å²) in [7, 11) is 0. The van der Waals surface area contributed by atoms with Gasteiger partial charge in [0, 0.05) is 23.4 Å². The van der Waals surface area contributed by atoms with Crippen LogP contribution in [0.15, 0.2) is 29.6 Å². The van der Waals surface area contributed by atoms with Crippen LogP contribution in [-0.4, -0.2) is 47.9 Å². The maximum absolute atomic E-state index is 4.94. The first kappa shape index (κ1) is 18.8. The van der Waals surface area contributed by atoms with Crippen LogP contribution >= 0.6 is 0 Å². The van der Waals surface area contributed by atoms with E-state index >= 15 is 0 Å². The molecular weight excluding hydrogens is 374 g/mol. The van der Waals surface area contributed by atoms with Gasteiger partial charge in [0.1, 0.15) is 12.2 Å². The van der Waals surface area contributed by atoms with Gasteiger partial charge in [-0.25, -0.2) is 19.5 Å². The highest BCUT2D eigenvalue weighted by Crippen LogP contribution is 2.38. The first-order chi connectivity index (χ1) is 14.3. The van der Waals surface area contributed by atoms with Crippen LogP contribution < -0.4 is 0 Å². The third-order valence-corrected chi connectivity index (χ3v) is 6.04. The molecule has 1 N–H and O–H groups in total. The van der Waals surface area contributed by atoms with Gasteiger partial charge in [-0.1, -0.05) is 13.8 Å². The first-order valence-electron chi connectivity index (χ1n) is 10.5. The van der Waals surface area contributed by atoms with E-state index in [1.54, 1.807) is 6.33 Å². The molecule has 0 radical (unpaired) electrons. The zero-order chi connectivity index (χ0) is 21.2. The van der Waals surface area contributed by atoms with Gasteiger partial charge in [0.15, 0.2) is 11.5 Å². The van der Waals surface area contributed by atoms with Gasteiger partial charge in [0.25, 0.3) is 0 Å². The number of nitrogens with one attached hydrogen (secondary N) is 1. The van der Waals surface area contributed by atoms with Gasteiger partial charge in [0.2, 0.25) is 0 Å². The molecule has 4 aromatic heterocycles. The van der Waals surface area contributed by atoms with Crippen molar-refractivity contribution in [3.8, 4) is 11.3 Å². The number of aromatic amines is 1. The summed E-state index contributed by atoms with van der Waals surface area (Å²) in [6.07, 6.45) is 3.67. The Labute approximate surface area is 175 Å². The molecule has 0 bridgehead atoms. The molecule has 0 atom stereocenters. The summed E-state index contributed by atoms with van der Waals surface area (Å²) in [4.78, 5) is 20.0. The third kappa shape index (κ3) is 2.88. The van der Waals surface area contributed by atoms with E-state index in [-0.39, 0.29) is 0 Å². The molecule has 1 aliphatic rings. The minimum Gasteiger partial charge on any atom is -0.353 e. The van der Waals surface area contributed by atoms with Crippen molar-refractivity contribution in [2.75, 3.05) is 6.54 Å². The Morgan fingerprint density at radius 3 is 2.60 bits per heavy atom. The largest absolute Gasteiger partial charge is 0.353 e. The van der Waals surface area contributed by atoms with E-state index in [9.17, 15) is 0 Å². The van der Waals surface area contributed by atoms with E-state index in [1.807, 2.05) is 10.6 Å². The van der Waals surface area contributed by atoms with Gasteiger partial charge in [-0.15, -0.1) is 0 Å². The average molecular weight is 402 g/mol. The van der Waals surface area contributed by atoms with Gasteiger partial charge in [-0.2, -0.15) is 5.10 Å². The van der Waals surface area contributed by atoms with E-state index in [1.165, 1.54) is 11.1 Å². The van der Waals surface area contributed by atoms with Crippen LogP contribution in [0.2, 0.25) is 0 Å². The second-order valence-corrected chi connectivity index (χ2v) is 8.70. The Kier molecular flexibility index (Phi) is 4.17. The van der Waals surface area contributed by atoms with Gasteiger partial charge in [0.05, 0.1) is 23.3 Å². The molecule has 1 aliphatic heterocycles. The van der Waals surface area contributed by atoms with Crippen LogP contribution in [0.4, 0.5) is 5.82 Å². The van der Waals surface area contributed by atoms with Crippen molar-refractivity contribution in [2.45, 2.75) is 53.5 Å². The fraction of sp³-hybridized carbons (Fsp3) is 0.391. The lowest BCUT2D eigenvalue weighted by atomic mass is 9.95. The number of aryl methyl sites for hydroxylation is 1. The zero-order valence-corrected chi connectivity index (χ0v) is 18.4. The second-order valence-electron chi connectivity index (χ2n) is 8.70. The normalized spacial score (nSPS) is 15.5. The fourth-order valence-electron chi connectivity index (χ4n) is 4.20. The highest BCUT2D eigenvalue weighted by Gasteiger charge is 2.30. The van der Waals surface area contributed by atoms with E-state index in [0.29, 0.717) is 12.0 Å². The third-order valence-electron chi connectivity index (χ3n) is 6.04. The lowest BCUT2D eigenvalue weighted by Crippen LogP contribution is -2.09. The summed E-state index contributed by atoms with van der Waals surface area (Å²) in [5, 5.41) is 4.36. The maximum Gasteiger partial charge on any atom is 0.158 e. The number of H-pyrrole nitrogens is 1. The van der Waals surface area contributed by atoms with E-state index in [4.69, 9.17) is 9.98 Å². The maximum atomic E-state index is 4.94. The number of hydrogen-bond donors (Lipinski definition) is 1. The number of aromatic nitrogens is 5. The van der Waals surface area contributed by atoms with Crippen molar-refractivity contribution < 1.29 is 0 Å². The Bertz CT molecular complexity index is 1310. The van der Waals surface area contributed by atoms with Crippen LogP contribution in [0.25, 0.3) is 27.9 Å². The summed E-state index contributed by atoms with van der Waals surface area (Å²) in [6.45, 7) is 14.0. The summed E-state index contributed by atoms with van der Waals surface area (Å²) in [5.41, 5.74) is 8.72. The van der Waals surface area contributed by atoms with Crippen LogP contribution in [0.5, 0.6) is 0 Å². The molecule has 4 aromatic rings. The highest BCUT2D eigenvalue weighted by molar-refractivity contribution is 5.99. The van der Waals surface area contributed by atoms with E-state index < -0.39 is 0 Å². The van der Waals surface area contributed by atoms with Gasteiger partial charge < -0.3 is 9.88 Å². The Morgan fingerprint density at radius 2 is 1.90 bits per heavy atom. The molecule has 0 spiro atoms. The van der Waals surface area contributed by atoms with E-state index in [2.05, 4.69) is 73.8 Å². The molecule has 154 valence electrons. The van der Waals surface area contributed by atoms with Crippen LogP contribution in [0.1, 0.15) is 50.3 Å². The Hall–Kier alpha value is -3.22. The van der Waals surface area contributed by atoms with Crippen molar-refractivity contribution in [3.63, 3.8) is 0 Å². The predicted octanol–water partition coefficient (Wildman–Crippen LogP) is 4.77. The average Bonchev–Trinajstić information content (AvgIpc) is 3.14. The molecule has 5 rings (SSSR count). The van der Waals surface area contributed by atoms with Crippen molar-refractivity contribution in [3.05, 3.63) is 41.3 Å². The molecule has 1 fully saturated rings. The summed E-state index contributed by atoms with van der Waals surface area (Å²) < 4.78 is 1.85. The summed E-state index contributed by atoms with van der Waals surface area (Å²) >= 11 is 0. The molecule has 7 nitrogen and oxygen atoms in total. The van der Waals surface area contributed by atoms with Crippen molar-refractivity contribution in [1.29, 1.82) is 0 Å². The standard InChI is InChI=1S/C23H27N7/c1-12(2)20-21(16-9-30-23(24-11-25-30)15(6)14(16)5)26-17-7-8-18(28-22(17)20)27-19-10-29(19)13(3)4/h7-9,11-13,26H,10H2,1-6H3. The quantitative estimate of drug-likeness (QED) is 0.500. The molecule has 5 heterocycles. The SMILES string of the molecule is Cc1c(-c2[nH]c3ccc(N=C4CN4C(C)C)nc3c2C(C)C)cn2ncnc2c1C. The predicted molar refractivity (Wildman–Crippen MR) is 121 cm³/mol. The minimum atomic E-state index is 0.309. The van der Waals surface area contributed by atoms with Crippen molar-refractivity contribution >= 4 is 28.3 Å². The molecule has 0 aromatic carbocycles. The number of pyridine rings is 2. The van der Waals surface area contributed by atoms with Gasteiger partial charge in [-0.05, 0) is 56.9 Å². The lowest BCUT2D eigenvalue weighted by molar-refractivity contribution is 0.502. The molecule has 0 amide bonds. The molecule has 7 heteroatoms. The van der Waals surface area contributed by atoms with Gasteiger partial charge >= 0.3 is 0 Å². The Morgan fingerprint density at radius 1 is 1.10 bits per heavy atom. The monoisotopic (exact) mass is 401 g/mol. The van der Waals surface area contributed by atoms with Crippen molar-refractivity contribution in [2.24, 2.45) is 4.99 Å². The molecule has 0 unspecified atom stereocenters.